The number of aryl methyl sites for hydroxylation is 1. The predicted octanol–water partition coefficient (Wildman–Crippen LogP) is 4.64. The van der Waals surface area contributed by atoms with Crippen molar-refractivity contribution in [1.29, 1.82) is 0 Å². The van der Waals surface area contributed by atoms with Crippen molar-refractivity contribution in [2.45, 2.75) is 0 Å². The van der Waals surface area contributed by atoms with E-state index in [2.05, 4.69) is 31.0 Å². The van der Waals surface area contributed by atoms with Gasteiger partial charge in [-0.3, -0.25) is 14.4 Å². The molecule has 0 atom stereocenters. The highest BCUT2D eigenvalue weighted by atomic mass is 35.5. The second-order valence-electron chi connectivity index (χ2n) is 7.01. The number of benzene rings is 1. The first-order valence-electron chi connectivity index (χ1n) is 10.0. The molecule has 0 radical (unpaired) electrons. The zero-order valence-electron chi connectivity index (χ0n) is 19.5. The molecule has 0 aliphatic heterocycles. The smallest absolute Gasteiger partial charge is 0.327 e. The summed E-state index contributed by atoms with van der Waals surface area (Å²) in [5, 5.41) is 12.7. The molecule has 3 rings (SSSR count). The molecule has 0 aliphatic rings. The first-order valence-corrected chi connectivity index (χ1v) is 11.2. The van der Waals surface area contributed by atoms with Crippen molar-refractivity contribution in [3.05, 3.63) is 46.3 Å². The Kier molecular flexibility index (Phi) is 8.80. The van der Waals surface area contributed by atoms with Crippen LogP contribution in [0.3, 0.4) is 0 Å². The van der Waals surface area contributed by atoms with Gasteiger partial charge in [0.1, 0.15) is 45.2 Å². The van der Waals surface area contributed by atoms with Crippen molar-refractivity contribution in [2.24, 2.45) is 7.05 Å². The fourth-order valence-electron chi connectivity index (χ4n) is 2.91. The Bertz CT molecular complexity index is 1290. The number of aromatic nitrogens is 4. The van der Waals surface area contributed by atoms with E-state index in [4.69, 9.17) is 44.3 Å². The number of anilines is 5. The van der Waals surface area contributed by atoms with E-state index in [1.54, 1.807) is 13.2 Å². The Balaban J connectivity index is 1.82. The Morgan fingerprint density at radius 2 is 1.75 bits per heavy atom. The summed E-state index contributed by atoms with van der Waals surface area (Å²) in [6, 6.07) is 2.41. The average Bonchev–Trinajstić information content (AvgIpc) is 3.19. The zero-order valence-corrected chi connectivity index (χ0v) is 21.7. The van der Waals surface area contributed by atoms with E-state index in [0.29, 0.717) is 17.3 Å². The number of amides is 3. The highest BCUT2D eigenvalue weighted by Gasteiger charge is 2.22. The molecule has 1 aromatic carbocycles. The van der Waals surface area contributed by atoms with Gasteiger partial charge in [0.2, 0.25) is 5.91 Å². The number of hydrogen-bond acceptors (Lipinski definition) is 8. The number of halogens is 3. The van der Waals surface area contributed by atoms with Gasteiger partial charge in [-0.25, -0.2) is 14.8 Å². The Hall–Kier alpha value is -3.74. The van der Waals surface area contributed by atoms with Crippen molar-refractivity contribution in [3.8, 4) is 11.5 Å². The van der Waals surface area contributed by atoms with Gasteiger partial charge in [0, 0.05) is 37.8 Å². The predicted molar refractivity (Wildman–Crippen MR) is 139 cm³/mol. The van der Waals surface area contributed by atoms with Crippen LogP contribution in [0, 0.1) is 0 Å². The quantitative estimate of drug-likeness (QED) is 0.342. The SMILES string of the molecule is COc1cc(OC)c(Cl)c(NC(=O)N(C)c2cc(Nc3nn(C)cc3NC(=O)/C=C\Cl)ncn2)c1Cl. The molecule has 3 aromatic rings. The summed E-state index contributed by atoms with van der Waals surface area (Å²) in [5.74, 6) is 0.952. The molecule has 3 N–H and O–H groups in total. The second-order valence-corrected chi connectivity index (χ2v) is 8.01. The minimum Gasteiger partial charge on any atom is -0.495 e. The Morgan fingerprint density at radius 1 is 1.08 bits per heavy atom. The number of carbonyl (C=O) groups is 2. The second kappa shape index (κ2) is 11.8. The molecule has 0 aliphatic carbocycles. The lowest BCUT2D eigenvalue weighted by atomic mass is 10.2. The van der Waals surface area contributed by atoms with Gasteiger partial charge >= 0.3 is 6.03 Å². The molecule has 2 aromatic heterocycles. The van der Waals surface area contributed by atoms with Crippen molar-refractivity contribution >= 4 is 75.6 Å². The molecule has 190 valence electrons. The highest BCUT2D eigenvalue weighted by molar-refractivity contribution is 6.41. The summed E-state index contributed by atoms with van der Waals surface area (Å²) in [6.45, 7) is 0. The van der Waals surface area contributed by atoms with E-state index in [1.807, 2.05) is 0 Å². The largest absolute Gasteiger partial charge is 0.495 e. The molecule has 0 fully saturated rings. The van der Waals surface area contributed by atoms with Crippen LogP contribution in [0.1, 0.15) is 0 Å². The lowest BCUT2D eigenvalue weighted by molar-refractivity contribution is -0.111. The van der Waals surface area contributed by atoms with E-state index in [1.165, 1.54) is 49.3 Å². The number of nitrogens with one attached hydrogen (secondary N) is 3. The van der Waals surface area contributed by atoms with E-state index >= 15 is 0 Å². The van der Waals surface area contributed by atoms with Crippen molar-refractivity contribution in [2.75, 3.05) is 42.1 Å². The molecule has 3 amide bonds. The first-order chi connectivity index (χ1) is 17.2. The summed E-state index contributed by atoms with van der Waals surface area (Å²) >= 11 is 18.1. The van der Waals surface area contributed by atoms with Crippen LogP contribution in [0.4, 0.5) is 33.6 Å². The monoisotopic (exact) mass is 554 g/mol. The summed E-state index contributed by atoms with van der Waals surface area (Å²) in [4.78, 5) is 34.3. The minimum absolute atomic E-state index is 0.101. The Morgan fingerprint density at radius 3 is 2.36 bits per heavy atom. The summed E-state index contributed by atoms with van der Waals surface area (Å²) in [7, 11) is 6.03. The van der Waals surface area contributed by atoms with Gasteiger partial charge in [0.25, 0.3) is 0 Å². The number of carbonyl (C=O) groups excluding carboxylic acids is 2. The third-order valence-electron chi connectivity index (χ3n) is 4.65. The topological polar surface area (TPSA) is 136 Å². The zero-order chi connectivity index (χ0) is 26.4. The van der Waals surface area contributed by atoms with Gasteiger partial charge < -0.3 is 25.4 Å². The molecular weight excluding hydrogens is 535 g/mol. The molecule has 0 unspecified atom stereocenters. The van der Waals surface area contributed by atoms with Crippen LogP contribution in [0.25, 0.3) is 0 Å². The maximum atomic E-state index is 13.0. The fraction of sp³-hybridized carbons (Fsp3) is 0.190. The Labute approximate surface area is 221 Å². The molecule has 0 bridgehead atoms. The number of urea groups is 1. The number of rotatable bonds is 8. The molecule has 0 spiro atoms. The number of ether oxygens (including phenoxy) is 2. The van der Waals surface area contributed by atoms with Gasteiger partial charge in [0.05, 0.1) is 26.1 Å². The maximum absolute atomic E-state index is 13.0. The first kappa shape index (κ1) is 26.9. The van der Waals surface area contributed by atoms with E-state index < -0.39 is 11.9 Å². The molecule has 0 saturated carbocycles. The number of hydrogen-bond donors (Lipinski definition) is 3. The van der Waals surface area contributed by atoms with Gasteiger partial charge in [-0.1, -0.05) is 34.8 Å². The van der Waals surface area contributed by atoms with Gasteiger partial charge in [-0.15, -0.1) is 0 Å². The van der Waals surface area contributed by atoms with E-state index in [0.717, 1.165) is 11.6 Å². The summed E-state index contributed by atoms with van der Waals surface area (Å²) < 4.78 is 11.9. The lowest BCUT2D eigenvalue weighted by Gasteiger charge is -2.20. The van der Waals surface area contributed by atoms with Gasteiger partial charge in [-0.05, 0) is 0 Å². The fourth-order valence-corrected chi connectivity index (χ4v) is 3.62. The van der Waals surface area contributed by atoms with Crippen LogP contribution in [0.2, 0.25) is 10.0 Å². The van der Waals surface area contributed by atoms with E-state index in [-0.39, 0.29) is 33.0 Å². The lowest BCUT2D eigenvalue weighted by Crippen LogP contribution is -2.32. The molecule has 0 saturated heterocycles. The molecule has 36 heavy (non-hydrogen) atoms. The molecule has 12 nitrogen and oxygen atoms in total. The van der Waals surface area contributed by atoms with Gasteiger partial charge in [0.15, 0.2) is 5.82 Å². The number of nitrogens with zero attached hydrogens (tertiary/aromatic N) is 5. The number of methoxy groups -OCH3 is 2. The maximum Gasteiger partial charge on any atom is 0.327 e. The van der Waals surface area contributed by atoms with Crippen LogP contribution in [0.15, 0.2) is 36.3 Å². The van der Waals surface area contributed by atoms with Crippen LogP contribution in [0.5, 0.6) is 11.5 Å². The van der Waals surface area contributed by atoms with Crippen LogP contribution < -0.4 is 30.3 Å². The molecule has 2 heterocycles. The standard InChI is InChI=1S/C21H21Cl3N8O4/c1-31-9-11(27-16(33)5-6-22)20(30-31)28-14-8-15(26-10-25-14)32(2)21(34)29-19-17(23)12(35-3)7-13(36-4)18(19)24/h5-10H,1-4H3,(H,27,33)(H,29,34)(H,25,26,28,30)/b6-5-. The highest BCUT2D eigenvalue weighted by Crippen LogP contribution is 2.44. The summed E-state index contributed by atoms with van der Waals surface area (Å²) in [6.07, 6.45) is 4.01. The molecular formula is C21H21Cl3N8O4. The van der Waals surface area contributed by atoms with Crippen molar-refractivity contribution in [3.63, 3.8) is 0 Å². The van der Waals surface area contributed by atoms with Crippen LogP contribution in [-0.2, 0) is 11.8 Å². The van der Waals surface area contributed by atoms with Crippen LogP contribution in [-0.4, -0.2) is 53.0 Å². The molecule has 15 heteroatoms. The van der Waals surface area contributed by atoms with Crippen molar-refractivity contribution in [1.82, 2.24) is 19.7 Å². The minimum atomic E-state index is -0.600. The van der Waals surface area contributed by atoms with E-state index in [9.17, 15) is 9.59 Å². The average molecular weight is 556 g/mol. The third kappa shape index (κ3) is 6.08. The van der Waals surface area contributed by atoms with Gasteiger partial charge in [-0.2, -0.15) is 5.10 Å². The normalized spacial score (nSPS) is 10.8. The van der Waals surface area contributed by atoms with Crippen molar-refractivity contribution < 1.29 is 19.1 Å². The summed E-state index contributed by atoms with van der Waals surface area (Å²) in [5.41, 5.74) is 1.59. The van der Waals surface area contributed by atoms with Crippen LogP contribution >= 0.6 is 34.8 Å². The third-order valence-corrected chi connectivity index (χ3v) is 5.53.